The van der Waals surface area contributed by atoms with E-state index in [0.717, 1.165) is 5.39 Å². The Morgan fingerprint density at radius 2 is 2.16 bits per heavy atom. The molecule has 0 unspecified atom stereocenters. The van der Waals surface area contributed by atoms with Crippen molar-refractivity contribution in [2.75, 3.05) is 33.4 Å². The first-order chi connectivity index (χ1) is 9.27. The summed E-state index contributed by atoms with van der Waals surface area (Å²) >= 11 is 0. The molecule has 2 N–H and O–H groups in total. The summed E-state index contributed by atoms with van der Waals surface area (Å²) in [6.07, 6.45) is 1.50. The van der Waals surface area contributed by atoms with Gasteiger partial charge < -0.3 is 19.8 Å². The van der Waals surface area contributed by atoms with Crippen LogP contribution in [0.1, 0.15) is 10.4 Å². The predicted molar refractivity (Wildman–Crippen MR) is 73.0 cm³/mol. The maximum Gasteiger partial charge on any atom is 0.257 e. The van der Waals surface area contributed by atoms with E-state index < -0.39 is 0 Å². The number of hydrogen-bond acceptors (Lipinski definition) is 4. The van der Waals surface area contributed by atoms with Crippen LogP contribution in [-0.2, 0) is 4.74 Å². The Bertz CT molecular complexity index is 550. The van der Waals surface area contributed by atoms with Crippen molar-refractivity contribution in [3.8, 4) is 0 Å². The lowest BCUT2D eigenvalue weighted by atomic mass is 10.1. The van der Waals surface area contributed by atoms with Gasteiger partial charge in [0.25, 0.3) is 5.91 Å². The van der Waals surface area contributed by atoms with Gasteiger partial charge in [-0.25, -0.2) is 0 Å². The van der Waals surface area contributed by atoms with E-state index in [9.17, 15) is 4.79 Å². The van der Waals surface area contributed by atoms with Gasteiger partial charge >= 0.3 is 0 Å². The molecule has 0 spiro atoms. The van der Waals surface area contributed by atoms with E-state index in [4.69, 9.17) is 14.9 Å². The van der Waals surface area contributed by atoms with Crippen LogP contribution in [-0.4, -0.2) is 44.2 Å². The van der Waals surface area contributed by atoms with Gasteiger partial charge in [0.1, 0.15) is 11.8 Å². The maximum absolute atomic E-state index is 12.5. The van der Waals surface area contributed by atoms with Gasteiger partial charge in [0.2, 0.25) is 0 Å². The molecule has 2 aromatic rings. The Morgan fingerprint density at radius 1 is 1.37 bits per heavy atom. The number of nitrogens with two attached hydrogens (primary N) is 1. The van der Waals surface area contributed by atoms with E-state index in [-0.39, 0.29) is 5.91 Å². The zero-order valence-corrected chi connectivity index (χ0v) is 11.0. The highest BCUT2D eigenvalue weighted by molar-refractivity contribution is 6.05. The van der Waals surface area contributed by atoms with E-state index in [0.29, 0.717) is 37.4 Å². The number of methoxy groups -OCH3 is 1. The summed E-state index contributed by atoms with van der Waals surface area (Å²) in [7, 11) is 1.61. The number of amides is 1. The summed E-state index contributed by atoms with van der Waals surface area (Å²) in [6, 6.07) is 7.48. The normalized spacial score (nSPS) is 10.8. The molecule has 1 aromatic heterocycles. The van der Waals surface area contributed by atoms with Gasteiger partial charge in [-0.05, 0) is 6.07 Å². The Balaban J connectivity index is 2.25. The van der Waals surface area contributed by atoms with Gasteiger partial charge in [-0.15, -0.1) is 0 Å². The molecule has 0 aliphatic carbocycles. The van der Waals surface area contributed by atoms with Crippen LogP contribution in [0.4, 0.5) is 0 Å². The Morgan fingerprint density at radius 3 is 2.89 bits per heavy atom. The van der Waals surface area contributed by atoms with Crippen molar-refractivity contribution in [3.63, 3.8) is 0 Å². The molecule has 2 rings (SSSR count). The molecule has 1 aromatic carbocycles. The summed E-state index contributed by atoms with van der Waals surface area (Å²) in [5.41, 5.74) is 6.83. The maximum atomic E-state index is 12.5. The number of para-hydroxylation sites is 1. The highest BCUT2D eigenvalue weighted by Crippen LogP contribution is 2.21. The van der Waals surface area contributed by atoms with Crippen LogP contribution in [0.3, 0.4) is 0 Å². The van der Waals surface area contributed by atoms with Crippen LogP contribution in [0.25, 0.3) is 11.0 Å². The largest absolute Gasteiger partial charge is 0.463 e. The standard InChI is InChI=1S/C14H18N2O3/c1-18-9-8-16(7-6-15)14(17)12-10-19-13-5-3-2-4-11(12)13/h2-5,10H,6-9,15H2,1H3. The lowest BCUT2D eigenvalue weighted by Crippen LogP contribution is -2.37. The van der Waals surface area contributed by atoms with E-state index >= 15 is 0 Å². The van der Waals surface area contributed by atoms with E-state index in [2.05, 4.69) is 0 Å². The van der Waals surface area contributed by atoms with Crippen molar-refractivity contribution >= 4 is 16.9 Å². The second-order valence-corrected chi connectivity index (χ2v) is 4.22. The summed E-state index contributed by atoms with van der Waals surface area (Å²) in [4.78, 5) is 14.2. The first-order valence-electron chi connectivity index (χ1n) is 6.22. The minimum atomic E-state index is -0.0764. The van der Waals surface area contributed by atoms with Gasteiger partial charge in [0, 0.05) is 32.1 Å². The molecular weight excluding hydrogens is 244 g/mol. The lowest BCUT2D eigenvalue weighted by molar-refractivity contribution is 0.0702. The molecule has 0 aliphatic heterocycles. The van der Waals surface area contributed by atoms with Crippen molar-refractivity contribution in [1.82, 2.24) is 4.90 Å². The number of carbonyl (C=O) groups is 1. The summed E-state index contributed by atoms with van der Waals surface area (Å²) in [6.45, 7) is 1.93. The third kappa shape index (κ3) is 2.94. The number of rotatable bonds is 6. The van der Waals surface area contributed by atoms with Crippen molar-refractivity contribution in [3.05, 3.63) is 36.1 Å². The van der Waals surface area contributed by atoms with Gasteiger partial charge in [0.15, 0.2) is 0 Å². The zero-order chi connectivity index (χ0) is 13.7. The molecular formula is C14H18N2O3. The van der Waals surface area contributed by atoms with Crippen LogP contribution in [0.15, 0.2) is 34.9 Å². The van der Waals surface area contributed by atoms with Crippen molar-refractivity contribution < 1.29 is 13.9 Å². The third-order valence-corrected chi connectivity index (χ3v) is 2.96. The molecule has 0 bridgehead atoms. The van der Waals surface area contributed by atoms with Crippen LogP contribution in [0.2, 0.25) is 0 Å². The quantitative estimate of drug-likeness (QED) is 0.856. The molecule has 1 amide bonds. The molecule has 0 saturated heterocycles. The van der Waals surface area contributed by atoms with Crippen LogP contribution in [0.5, 0.6) is 0 Å². The van der Waals surface area contributed by atoms with Gasteiger partial charge in [0.05, 0.1) is 12.2 Å². The number of carbonyl (C=O) groups excluding carboxylic acids is 1. The zero-order valence-electron chi connectivity index (χ0n) is 11.0. The molecule has 1 heterocycles. The highest BCUT2D eigenvalue weighted by atomic mass is 16.5. The van der Waals surface area contributed by atoms with Crippen LogP contribution >= 0.6 is 0 Å². The lowest BCUT2D eigenvalue weighted by Gasteiger charge is -2.21. The fraction of sp³-hybridized carbons (Fsp3) is 0.357. The SMILES string of the molecule is COCCN(CCN)C(=O)c1coc2ccccc12. The first kappa shape index (κ1) is 13.6. The first-order valence-corrected chi connectivity index (χ1v) is 6.22. The molecule has 0 atom stereocenters. The molecule has 102 valence electrons. The predicted octanol–water partition coefficient (Wildman–Crippen LogP) is 1.48. The number of hydrogen-bond donors (Lipinski definition) is 1. The molecule has 0 aliphatic rings. The fourth-order valence-corrected chi connectivity index (χ4v) is 1.99. The fourth-order valence-electron chi connectivity index (χ4n) is 1.99. The Labute approximate surface area is 111 Å². The minimum Gasteiger partial charge on any atom is -0.463 e. The number of fused-ring (bicyclic) bond motifs is 1. The molecule has 5 nitrogen and oxygen atoms in total. The highest BCUT2D eigenvalue weighted by Gasteiger charge is 2.19. The molecule has 0 radical (unpaired) electrons. The van der Waals surface area contributed by atoms with E-state index in [1.165, 1.54) is 6.26 Å². The van der Waals surface area contributed by atoms with Crippen molar-refractivity contribution in [2.24, 2.45) is 5.73 Å². The average Bonchev–Trinajstić information content (AvgIpc) is 2.86. The number of furan rings is 1. The van der Waals surface area contributed by atoms with Gasteiger partial charge in [-0.1, -0.05) is 18.2 Å². The van der Waals surface area contributed by atoms with Gasteiger partial charge in [-0.2, -0.15) is 0 Å². The van der Waals surface area contributed by atoms with E-state index in [1.807, 2.05) is 24.3 Å². The number of benzene rings is 1. The summed E-state index contributed by atoms with van der Waals surface area (Å²) < 4.78 is 10.4. The number of nitrogens with zero attached hydrogens (tertiary/aromatic N) is 1. The second kappa shape index (κ2) is 6.36. The van der Waals surface area contributed by atoms with Crippen LogP contribution in [0, 0.1) is 0 Å². The smallest absolute Gasteiger partial charge is 0.257 e. The molecule has 5 heteroatoms. The Kier molecular flexibility index (Phi) is 4.54. The van der Waals surface area contributed by atoms with Gasteiger partial charge in [-0.3, -0.25) is 4.79 Å². The topological polar surface area (TPSA) is 68.7 Å². The second-order valence-electron chi connectivity index (χ2n) is 4.22. The van der Waals surface area contributed by atoms with Crippen molar-refractivity contribution in [2.45, 2.75) is 0 Å². The van der Waals surface area contributed by atoms with E-state index in [1.54, 1.807) is 12.0 Å². The average molecular weight is 262 g/mol. The summed E-state index contributed by atoms with van der Waals surface area (Å²) in [5, 5.41) is 0.826. The molecule has 0 saturated carbocycles. The Hall–Kier alpha value is -1.85. The monoisotopic (exact) mass is 262 g/mol. The minimum absolute atomic E-state index is 0.0764. The number of ether oxygens (including phenoxy) is 1. The molecule has 19 heavy (non-hydrogen) atoms. The third-order valence-electron chi connectivity index (χ3n) is 2.96. The summed E-state index contributed by atoms with van der Waals surface area (Å²) in [5.74, 6) is -0.0764. The molecule has 0 fully saturated rings. The van der Waals surface area contributed by atoms with Crippen molar-refractivity contribution in [1.29, 1.82) is 0 Å². The van der Waals surface area contributed by atoms with Crippen LogP contribution < -0.4 is 5.73 Å².